The lowest BCUT2D eigenvalue weighted by atomic mass is 10.1. The Balaban J connectivity index is 3.20. The molecule has 0 spiro atoms. The van der Waals surface area contributed by atoms with Crippen LogP contribution in [0.25, 0.3) is 0 Å². The molecule has 0 unspecified atom stereocenters. The second kappa shape index (κ2) is 5.15. The quantitative estimate of drug-likeness (QED) is 0.886. The zero-order valence-electron chi connectivity index (χ0n) is 9.58. The van der Waals surface area contributed by atoms with Crippen molar-refractivity contribution in [2.75, 3.05) is 10.5 Å². The van der Waals surface area contributed by atoms with E-state index in [2.05, 4.69) is 4.72 Å². The predicted molar refractivity (Wildman–Crippen MR) is 62.4 cm³/mol. The maximum atomic E-state index is 12.7. The van der Waals surface area contributed by atoms with E-state index >= 15 is 0 Å². The number of nitrogens with one attached hydrogen (secondary N) is 1. The number of alkyl halides is 3. The molecule has 0 saturated heterocycles. The summed E-state index contributed by atoms with van der Waals surface area (Å²) in [5.41, 5.74) is 4.08. The molecular weight excluding hydrogens is 269 g/mol. The van der Waals surface area contributed by atoms with Crippen LogP contribution in [0.3, 0.4) is 0 Å². The molecule has 0 atom stereocenters. The fourth-order valence-corrected chi connectivity index (χ4v) is 1.96. The second-order valence-electron chi connectivity index (χ2n) is 3.58. The van der Waals surface area contributed by atoms with Gasteiger partial charge in [-0.3, -0.25) is 4.72 Å². The van der Waals surface area contributed by atoms with Crippen molar-refractivity contribution < 1.29 is 21.6 Å². The van der Waals surface area contributed by atoms with Crippen LogP contribution in [-0.2, 0) is 22.7 Å². The van der Waals surface area contributed by atoms with Crippen molar-refractivity contribution in [2.45, 2.75) is 19.6 Å². The fourth-order valence-electron chi connectivity index (χ4n) is 1.33. The lowest BCUT2D eigenvalue weighted by molar-refractivity contribution is -0.138. The third kappa shape index (κ3) is 3.61. The van der Waals surface area contributed by atoms with Gasteiger partial charge >= 0.3 is 6.18 Å². The summed E-state index contributed by atoms with van der Waals surface area (Å²) in [5.74, 6) is -0.215. The van der Waals surface area contributed by atoms with Gasteiger partial charge < -0.3 is 5.73 Å². The molecule has 0 amide bonds. The van der Waals surface area contributed by atoms with Crippen molar-refractivity contribution in [3.63, 3.8) is 0 Å². The van der Waals surface area contributed by atoms with Gasteiger partial charge in [-0.25, -0.2) is 8.42 Å². The second-order valence-corrected chi connectivity index (χ2v) is 5.59. The van der Waals surface area contributed by atoms with E-state index in [0.717, 1.165) is 12.1 Å². The van der Waals surface area contributed by atoms with Crippen LogP contribution in [0.1, 0.15) is 18.1 Å². The number of anilines is 1. The lowest BCUT2D eigenvalue weighted by Gasteiger charge is -2.14. The van der Waals surface area contributed by atoms with Crippen LogP contribution < -0.4 is 10.5 Å². The molecule has 1 aromatic rings. The number of benzene rings is 1. The molecule has 0 radical (unpaired) electrons. The van der Waals surface area contributed by atoms with Crippen molar-refractivity contribution in [3.8, 4) is 0 Å². The zero-order valence-corrected chi connectivity index (χ0v) is 10.4. The molecule has 0 heterocycles. The third-order valence-electron chi connectivity index (χ3n) is 2.29. The van der Waals surface area contributed by atoms with Crippen LogP contribution in [0, 0.1) is 0 Å². The molecule has 0 bridgehead atoms. The molecular formula is C10H13F3N2O2S. The van der Waals surface area contributed by atoms with Crippen LogP contribution in [0.5, 0.6) is 0 Å². The summed E-state index contributed by atoms with van der Waals surface area (Å²) in [6.07, 6.45) is -4.57. The zero-order chi connectivity index (χ0) is 14.0. The van der Waals surface area contributed by atoms with E-state index in [1.54, 1.807) is 0 Å². The van der Waals surface area contributed by atoms with Crippen LogP contribution in [0.2, 0.25) is 0 Å². The number of rotatable bonds is 4. The Kier molecular flexibility index (Phi) is 4.23. The Morgan fingerprint density at radius 2 is 1.94 bits per heavy atom. The minimum Gasteiger partial charge on any atom is -0.326 e. The van der Waals surface area contributed by atoms with Gasteiger partial charge in [-0.05, 0) is 24.6 Å². The molecule has 18 heavy (non-hydrogen) atoms. The van der Waals surface area contributed by atoms with Crippen LogP contribution in [0.15, 0.2) is 18.2 Å². The maximum absolute atomic E-state index is 12.7. The van der Waals surface area contributed by atoms with Gasteiger partial charge in [0.2, 0.25) is 10.0 Å². The number of hydrogen-bond donors (Lipinski definition) is 2. The van der Waals surface area contributed by atoms with Gasteiger partial charge in [0, 0.05) is 12.2 Å². The molecule has 3 N–H and O–H groups in total. The molecule has 0 saturated carbocycles. The van der Waals surface area contributed by atoms with E-state index in [1.165, 1.54) is 13.0 Å². The average molecular weight is 282 g/mol. The highest BCUT2D eigenvalue weighted by Gasteiger charge is 2.33. The topological polar surface area (TPSA) is 72.2 Å². The van der Waals surface area contributed by atoms with E-state index in [-0.39, 0.29) is 23.5 Å². The monoisotopic (exact) mass is 282 g/mol. The van der Waals surface area contributed by atoms with E-state index in [4.69, 9.17) is 5.73 Å². The van der Waals surface area contributed by atoms with Gasteiger partial charge in [-0.1, -0.05) is 6.07 Å². The minimum atomic E-state index is -4.57. The molecule has 1 rings (SSSR count). The van der Waals surface area contributed by atoms with Crippen LogP contribution >= 0.6 is 0 Å². The molecule has 0 aliphatic heterocycles. The summed E-state index contributed by atoms with van der Waals surface area (Å²) in [4.78, 5) is 0. The Bertz CT molecular complexity index is 526. The van der Waals surface area contributed by atoms with Crippen molar-refractivity contribution in [2.24, 2.45) is 5.73 Å². The highest BCUT2D eigenvalue weighted by atomic mass is 32.2. The Morgan fingerprint density at radius 1 is 1.33 bits per heavy atom. The molecule has 0 aliphatic rings. The SMILES string of the molecule is CCS(=O)(=O)Nc1ccc(CN)c(C(F)(F)F)c1. The molecule has 1 aromatic carbocycles. The van der Waals surface area contributed by atoms with Gasteiger partial charge in [-0.15, -0.1) is 0 Å². The largest absolute Gasteiger partial charge is 0.416 e. The van der Waals surface area contributed by atoms with Gasteiger partial charge in [0.25, 0.3) is 0 Å². The maximum Gasteiger partial charge on any atom is 0.416 e. The van der Waals surface area contributed by atoms with Gasteiger partial charge in [0.15, 0.2) is 0 Å². The molecule has 0 fully saturated rings. The van der Waals surface area contributed by atoms with Crippen LogP contribution in [-0.4, -0.2) is 14.2 Å². The summed E-state index contributed by atoms with van der Waals surface area (Å²) in [6, 6.07) is 3.16. The van der Waals surface area contributed by atoms with Crippen molar-refractivity contribution >= 4 is 15.7 Å². The highest BCUT2D eigenvalue weighted by Crippen LogP contribution is 2.33. The first-order chi connectivity index (χ1) is 8.19. The average Bonchev–Trinajstić information content (AvgIpc) is 2.27. The first-order valence-corrected chi connectivity index (χ1v) is 6.75. The highest BCUT2D eigenvalue weighted by molar-refractivity contribution is 7.92. The predicted octanol–water partition coefficient (Wildman–Crippen LogP) is 1.93. The van der Waals surface area contributed by atoms with Crippen LogP contribution in [0.4, 0.5) is 18.9 Å². The summed E-state index contributed by atoms with van der Waals surface area (Å²) >= 11 is 0. The van der Waals surface area contributed by atoms with Crippen molar-refractivity contribution in [1.29, 1.82) is 0 Å². The van der Waals surface area contributed by atoms with Crippen molar-refractivity contribution in [1.82, 2.24) is 0 Å². The molecule has 0 aliphatic carbocycles. The number of nitrogens with two attached hydrogens (primary N) is 1. The van der Waals surface area contributed by atoms with Gasteiger partial charge in [0.05, 0.1) is 11.3 Å². The van der Waals surface area contributed by atoms with E-state index in [1.807, 2.05) is 0 Å². The molecule has 102 valence electrons. The first kappa shape index (κ1) is 14.8. The molecule has 4 nitrogen and oxygen atoms in total. The summed E-state index contributed by atoms with van der Waals surface area (Å²) < 4.78 is 62.7. The Morgan fingerprint density at radius 3 is 2.39 bits per heavy atom. The summed E-state index contributed by atoms with van der Waals surface area (Å²) in [7, 11) is -3.60. The normalized spacial score (nSPS) is 12.5. The van der Waals surface area contributed by atoms with E-state index in [9.17, 15) is 21.6 Å². The van der Waals surface area contributed by atoms with E-state index in [0.29, 0.717) is 0 Å². The number of sulfonamides is 1. The Hall–Kier alpha value is -1.28. The first-order valence-electron chi connectivity index (χ1n) is 5.10. The molecule has 0 aromatic heterocycles. The number of halogens is 3. The standard InChI is InChI=1S/C10H13F3N2O2S/c1-2-18(16,17)15-8-4-3-7(6-14)9(5-8)10(11,12)13/h3-5,15H,2,6,14H2,1H3. The number of hydrogen-bond acceptors (Lipinski definition) is 3. The van der Waals surface area contributed by atoms with E-state index < -0.39 is 21.8 Å². The smallest absolute Gasteiger partial charge is 0.326 e. The molecule has 8 heteroatoms. The fraction of sp³-hybridized carbons (Fsp3) is 0.400. The third-order valence-corrected chi connectivity index (χ3v) is 3.60. The van der Waals surface area contributed by atoms with Gasteiger partial charge in [0.1, 0.15) is 0 Å². The summed E-state index contributed by atoms with van der Waals surface area (Å²) in [5, 5.41) is 0. The van der Waals surface area contributed by atoms with Gasteiger partial charge in [-0.2, -0.15) is 13.2 Å². The summed E-state index contributed by atoms with van der Waals surface area (Å²) in [6.45, 7) is 1.12. The Labute approximate surface area is 103 Å². The van der Waals surface area contributed by atoms with Crippen molar-refractivity contribution in [3.05, 3.63) is 29.3 Å². The lowest BCUT2D eigenvalue weighted by Crippen LogP contribution is -2.17. The minimum absolute atomic E-state index is 0.0815.